The van der Waals surface area contributed by atoms with Crippen LogP contribution in [-0.4, -0.2) is 23.1 Å². The van der Waals surface area contributed by atoms with Gasteiger partial charge in [0.1, 0.15) is 0 Å². The Bertz CT molecular complexity index is 554. The van der Waals surface area contributed by atoms with Crippen LogP contribution in [0.5, 0.6) is 0 Å². The zero-order valence-electron chi connectivity index (χ0n) is 12.4. The number of para-hydroxylation sites is 1. The minimum Gasteiger partial charge on any atom is -0.325 e. The summed E-state index contributed by atoms with van der Waals surface area (Å²) in [7, 11) is 0. The molecule has 0 aliphatic carbocycles. The van der Waals surface area contributed by atoms with Crippen LogP contribution < -0.4 is 10.2 Å². The molecule has 0 aliphatic heterocycles. The van der Waals surface area contributed by atoms with E-state index in [0.717, 1.165) is 31.1 Å². The SMILES string of the molecule is CCNCc1cncc(N(CC)c2ccccc2C)n1. The van der Waals surface area contributed by atoms with Crippen molar-refractivity contribution in [2.45, 2.75) is 27.3 Å². The highest BCUT2D eigenvalue weighted by Gasteiger charge is 2.11. The van der Waals surface area contributed by atoms with Crippen molar-refractivity contribution in [2.75, 3.05) is 18.0 Å². The van der Waals surface area contributed by atoms with E-state index in [9.17, 15) is 0 Å². The minimum absolute atomic E-state index is 0.753. The summed E-state index contributed by atoms with van der Waals surface area (Å²) in [6.07, 6.45) is 3.64. The summed E-state index contributed by atoms with van der Waals surface area (Å²) in [6, 6.07) is 8.35. The third-order valence-electron chi connectivity index (χ3n) is 3.23. The summed E-state index contributed by atoms with van der Waals surface area (Å²) in [5.74, 6) is 0.900. The van der Waals surface area contributed by atoms with Crippen LogP contribution in [0.1, 0.15) is 25.1 Å². The Morgan fingerprint density at radius 2 is 1.95 bits per heavy atom. The molecule has 0 aliphatic rings. The predicted octanol–water partition coefficient (Wildman–Crippen LogP) is 3.05. The van der Waals surface area contributed by atoms with Gasteiger partial charge in [0, 0.05) is 25.0 Å². The van der Waals surface area contributed by atoms with Gasteiger partial charge in [0.15, 0.2) is 5.82 Å². The molecule has 2 rings (SSSR count). The molecule has 0 amide bonds. The number of nitrogens with one attached hydrogen (secondary N) is 1. The molecule has 106 valence electrons. The number of aryl methyl sites for hydroxylation is 1. The van der Waals surface area contributed by atoms with Crippen LogP contribution in [0.25, 0.3) is 0 Å². The average Bonchev–Trinajstić information content (AvgIpc) is 2.48. The van der Waals surface area contributed by atoms with Crippen molar-refractivity contribution in [2.24, 2.45) is 0 Å². The maximum Gasteiger partial charge on any atom is 0.151 e. The summed E-state index contributed by atoms with van der Waals surface area (Å²) < 4.78 is 0. The smallest absolute Gasteiger partial charge is 0.151 e. The van der Waals surface area contributed by atoms with Crippen LogP contribution in [0.15, 0.2) is 36.7 Å². The molecule has 0 radical (unpaired) electrons. The normalized spacial score (nSPS) is 10.6. The monoisotopic (exact) mass is 270 g/mol. The first-order valence-corrected chi connectivity index (χ1v) is 7.11. The number of anilines is 2. The molecule has 2 aromatic rings. The van der Waals surface area contributed by atoms with Crippen LogP contribution in [0, 0.1) is 6.92 Å². The van der Waals surface area contributed by atoms with Crippen molar-refractivity contribution in [1.82, 2.24) is 15.3 Å². The lowest BCUT2D eigenvalue weighted by molar-refractivity contribution is 0.706. The molecule has 1 heterocycles. The van der Waals surface area contributed by atoms with Crippen molar-refractivity contribution in [3.05, 3.63) is 47.9 Å². The van der Waals surface area contributed by atoms with Crippen molar-refractivity contribution < 1.29 is 0 Å². The fourth-order valence-corrected chi connectivity index (χ4v) is 2.19. The Balaban J connectivity index is 2.30. The van der Waals surface area contributed by atoms with E-state index < -0.39 is 0 Å². The Morgan fingerprint density at radius 3 is 2.65 bits per heavy atom. The molecule has 1 aromatic heterocycles. The standard InChI is InChI=1S/C16H22N4/c1-4-17-10-14-11-18-12-16(19-14)20(5-2)15-9-7-6-8-13(15)3/h6-9,11-12,17H,4-5,10H2,1-3H3. The lowest BCUT2D eigenvalue weighted by atomic mass is 10.2. The Labute approximate surface area is 120 Å². The van der Waals surface area contributed by atoms with Gasteiger partial charge >= 0.3 is 0 Å². The van der Waals surface area contributed by atoms with E-state index in [1.165, 1.54) is 11.3 Å². The van der Waals surface area contributed by atoms with Crippen LogP contribution in [-0.2, 0) is 6.54 Å². The number of hydrogen-bond donors (Lipinski definition) is 1. The molecule has 0 spiro atoms. The Hall–Kier alpha value is -1.94. The molecule has 0 saturated carbocycles. The van der Waals surface area contributed by atoms with Gasteiger partial charge in [0.05, 0.1) is 11.9 Å². The molecule has 0 unspecified atom stereocenters. The lowest BCUT2D eigenvalue weighted by Crippen LogP contribution is -2.20. The number of hydrogen-bond acceptors (Lipinski definition) is 4. The number of rotatable bonds is 6. The molecule has 20 heavy (non-hydrogen) atoms. The van der Waals surface area contributed by atoms with Gasteiger partial charge in [-0.05, 0) is 32.0 Å². The highest BCUT2D eigenvalue weighted by atomic mass is 15.2. The van der Waals surface area contributed by atoms with Crippen LogP contribution >= 0.6 is 0 Å². The van der Waals surface area contributed by atoms with Crippen LogP contribution in [0.4, 0.5) is 11.5 Å². The van der Waals surface area contributed by atoms with Gasteiger partial charge in [-0.3, -0.25) is 4.98 Å². The van der Waals surface area contributed by atoms with Gasteiger partial charge in [-0.2, -0.15) is 0 Å². The second-order valence-corrected chi connectivity index (χ2v) is 4.68. The third-order valence-corrected chi connectivity index (χ3v) is 3.23. The maximum atomic E-state index is 4.70. The van der Waals surface area contributed by atoms with Gasteiger partial charge in [0.25, 0.3) is 0 Å². The van der Waals surface area contributed by atoms with Gasteiger partial charge in [-0.15, -0.1) is 0 Å². The van der Waals surface area contributed by atoms with E-state index in [0.29, 0.717) is 0 Å². The van der Waals surface area contributed by atoms with E-state index in [1.807, 2.05) is 12.4 Å². The van der Waals surface area contributed by atoms with Gasteiger partial charge in [-0.25, -0.2) is 4.98 Å². The molecule has 0 fully saturated rings. The minimum atomic E-state index is 0.753. The van der Waals surface area contributed by atoms with E-state index in [4.69, 9.17) is 4.98 Å². The summed E-state index contributed by atoms with van der Waals surface area (Å²) in [4.78, 5) is 11.2. The second kappa shape index (κ2) is 7.01. The molecular weight excluding hydrogens is 248 g/mol. The average molecular weight is 270 g/mol. The zero-order valence-corrected chi connectivity index (χ0v) is 12.4. The molecule has 1 aromatic carbocycles. The summed E-state index contributed by atoms with van der Waals surface area (Å²) in [5, 5.41) is 3.28. The molecular formula is C16H22N4. The van der Waals surface area contributed by atoms with E-state index in [2.05, 4.69) is 60.2 Å². The molecule has 0 atom stereocenters. The van der Waals surface area contributed by atoms with Gasteiger partial charge in [0.2, 0.25) is 0 Å². The maximum absolute atomic E-state index is 4.70. The topological polar surface area (TPSA) is 41.1 Å². The van der Waals surface area contributed by atoms with E-state index in [1.54, 1.807) is 0 Å². The van der Waals surface area contributed by atoms with E-state index >= 15 is 0 Å². The third kappa shape index (κ3) is 3.33. The number of nitrogens with zero attached hydrogens (tertiary/aromatic N) is 3. The van der Waals surface area contributed by atoms with Crippen molar-refractivity contribution in [3.8, 4) is 0 Å². The first-order chi connectivity index (χ1) is 9.76. The van der Waals surface area contributed by atoms with Crippen LogP contribution in [0.3, 0.4) is 0 Å². The fraction of sp³-hybridized carbons (Fsp3) is 0.375. The Kier molecular flexibility index (Phi) is 5.07. The van der Waals surface area contributed by atoms with Crippen molar-refractivity contribution in [3.63, 3.8) is 0 Å². The quantitative estimate of drug-likeness (QED) is 0.876. The molecule has 1 N–H and O–H groups in total. The van der Waals surface area contributed by atoms with Gasteiger partial charge < -0.3 is 10.2 Å². The summed E-state index contributed by atoms with van der Waals surface area (Å²) in [6.45, 7) is 8.88. The zero-order chi connectivity index (χ0) is 14.4. The summed E-state index contributed by atoms with van der Waals surface area (Å²) >= 11 is 0. The van der Waals surface area contributed by atoms with Gasteiger partial charge in [-0.1, -0.05) is 25.1 Å². The number of benzene rings is 1. The highest BCUT2D eigenvalue weighted by molar-refractivity contribution is 5.62. The van der Waals surface area contributed by atoms with Crippen molar-refractivity contribution in [1.29, 1.82) is 0 Å². The number of aromatic nitrogens is 2. The summed E-state index contributed by atoms with van der Waals surface area (Å²) in [5.41, 5.74) is 3.40. The molecule has 4 nitrogen and oxygen atoms in total. The highest BCUT2D eigenvalue weighted by Crippen LogP contribution is 2.25. The lowest BCUT2D eigenvalue weighted by Gasteiger charge is -2.24. The first-order valence-electron chi connectivity index (χ1n) is 7.11. The fourth-order valence-electron chi connectivity index (χ4n) is 2.19. The van der Waals surface area contributed by atoms with Crippen LogP contribution in [0.2, 0.25) is 0 Å². The molecule has 0 saturated heterocycles. The largest absolute Gasteiger partial charge is 0.325 e. The molecule has 0 bridgehead atoms. The Morgan fingerprint density at radius 1 is 1.15 bits per heavy atom. The second-order valence-electron chi connectivity index (χ2n) is 4.68. The first kappa shape index (κ1) is 14.5. The predicted molar refractivity (Wildman–Crippen MR) is 83.3 cm³/mol. The molecule has 4 heteroatoms. The van der Waals surface area contributed by atoms with E-state index in [-0.39, 0.29) is 0 Å². The van der Waals surface area contributed by atoms with Crippen molar-refractivity contribution >= 4 is 11.5 Å².